The minimum absolute atomic E-state index is 0.577. The maximum Gasteiger partial charge on any atom is 0.0337 e. The van der Waals surface area contributed by atoms with Gasteiger partial charge in [-0.15, -0.1) is 0 Å². The van der Waals surface area contributed by atoms with Gasteiger partial charge in [-0.2, -0.15) is 0 Å². The molecule has 0 amide bonds. The van der Waals surface area contributed by atoms with Crippen LogP contribution >= 0.6 is 15.9 Å². The first-order valence-corrected chi connectivity index (χ1v) is 6.06. The summed E-state index contributed by atoms with van der Waals surface area (Å²) in [6, 6.07) is 9.14. The molecule has 1 spiro atoms. The van der Waals surface area contributed by atoms with E-state index in [1.807, 2.05) is 0 Å². The van der Waals surface area contributed by atoms with E-state index >= 15 is 0 Å². The number of hydrogen-bond acceptors (Lipinski definition) is 1. The summed E-state index contributed by atoms with van der Waals surface area (Å²) in [6.07, 6.45) is 4.19. The highest BCUT2D eigenvalue weighted by molar-refractivity contribution is 9.10. The standard InChI is InChI=1S/C12H14BrN/c13-10-4-2-1-3-9(10)11-7-12(5-6-12)8-14-11/h1-4,11,14H,5-8H2. The predicted molar refractivity (Wildman–Crippen MR) is 61.2 cm³/mol. The van der Waals surface area contributed by atoms with Gasteiger partial charge in [-0.1, -0.05) is 34.1 Å². The van der Waals surface area contributed by atoms with Crippen molar-refractivity contribution in [2.24, 2.45) is 5.41 Å². The highest BCUT2D eigenvalue weighted by Gasteiger charge is 2.48. The highest BCUT2D eigenvalue weighted by atomic mass is 79.9. The molecule has 1 atom stereocenters. The minimum Gasteiger partial charge on any atom is -0.309 e. The molecule has 1 unspecified atom stereocenters. The molecule has 1 aliphatic heterocycles. The van der Waals surface area contributed by atoms with Crippen LogP contribution in [-0.2, 0) is 0 Å². The van der Waals surface area contributed by atoms with Crippen molar-refractivity contribution >= 4 is 15.9 Å². The van der Waals surface area contributed by atoms with Crippen LogP contribution in [0.2, 0.25) is 0 Å². The molecule has 1 N–H and O–H groups in total. The molecule has 0 bridgehead atoms. The molecule has 1 aromatic carbocycles. The third-order valence-corrected chi connectivity index (χ3v) is 4.32. The molecule has 3 rings (SSSR count). The lowest BCUT2D eigenvalue weighted by molar-refractivity contribution is 0.552. The summed E-state index contributed by atoms with van der Waals surface area (Å²) >= 11 is 3.62. The van der Waals surface area contributed by atoms with Crippen LogP contribution in [0.25, 0.3) is 0 Å². The third kappa shape index (κ3) is 1.41. The Hall–Kier alpha value is -0.340. The van der Waals surface area contributed by atoms with Gasteiger partial charge in [-0.3, -0.25) is 0 Å². The molecule has 1 aromatic rings. The molecule has 2 aliphatic rings. The van der Waals surface area contributed by atoms with E-state index in [1.54, 1.807) is 0 Å². The smallest absolute Gasteiger partial charge is 0.0337 e. The Morgan fingerprint density at radius 1 is 1.29 bits per heavy atom. The number of halogens is 1. The van der Waals surface area contributed by atoms with Crippen LogP contribution in [0.5, 0.6) is 0 Å². The molecule has 1 aliphatic carbocycles. The van der Waals surface area contributed by atoms with E-state index in [1.165, 1.54) is 35.8 Å². The van der Waals surface area contributed by atoms with Crippen molar-refractivity contribution in [3.63, 3.8) is 0 Å². The average Bonchev–Trinajstić information content (AvgIpc) is 2.79. The lowest BCUT2D eigenvalue weighted by Crippen LogP contribution is -2.14. The van der Waals surface area contributed by atoms with Crippen molar-refractivity contribution in [2.75, 3.05) is 6.54 Å². The lowest BCUT2D eigenvalue weighted by atomic mass is 9.98. The summed E-state index contributed by atoms with van der Waals surface area (Å²) < 4.78 is 1.25. The molecule has 1 saturated heterocycles. The van der Waals surface area contributed by atoms with Crippen LogP contribution in [0.3, 0.4) is 0 Å². The Labute approximate surface area is 93.0 Å². The average molecular weight is 252 g/mol. The van der Waals surface area contributed by atoms with E-state index in [0.29, 0.717) is 11.5 Å². The molecule has 2 fully saturated rings. The van der Waals surface area contributed by atoms with E-state index < -0.39 is 0 Å². The first-order chi connectivity index (χ1) is 6.79. The van der Waals surface area contributed by atoms with Crippen molar-refractivity contribution in [1.82, 2.24) is 5.32 Å². The lowest BCUT2D eigenvalue weighted by Gasteiger charge is -2.12. The van der Waals surface area contributed by atoms with E-state index in [4.69, 9.17) is 0 Å². The van der Waals surface area contributed by atoms with Crippen LogP contribution < -0.4 is 5.32 Å². The van der Waals surface area contributed by atoms with Crippen molar-refractivity contribution in [3.05, 3.63) is 34.3 Å². The maximum atomic E-state index is 3.64. The normalized spacial score (nSPS) is 28.2. The van der Waals surface area contributed by atoms with Crippen LogP contribution in [0.4, 0.5) is 0 Å². The molecule has 1 nitrogen and oxygen atoms in total. The molecular weight excluding hydrogens is 238 g/mol. The number of hydrogen-bond donors (Lipinski definition) is 1. The predicted octanol–water partition coefficient (Wildman–Crippen LogP) is 3.26. The van der Waals surface area contributed by atoms with Crippen molar-refractivity contribution < 1.29 is 0 Å². The molecule has 0 aromatic heterocycles. The maximum absolute atomic E-state index is 3.64. The van der Waals surface area contributed by atoms with E-state index in [-0.39, 0.29) is 0 Å². The fourth-order valence-electron chi connectivity index (χ4n) is 2.45. The van der Waals surface area contributed by atoms with Gasteiger partial charge in [0.25, 0.3) is 0 Å². The van der Waals surface area contributed by atoms with Gasteiger partial charge in [0.2, 0.25) is 0 Å². The van der Waals surface area contributed by atoms with Gasteiger partial charge in [0, 0.05) is 17.1 Å². The summed E-state index contributed by atoms with van der Waals surface area (Å²) in [6.45, 7) is 1.22. The van der Waals surface area contributed by atoms with Gasteiger partial charge < -0.3 is 5.32 Å². The zero-order valence-electron chi connectivity index (χ0n) is 8.09. The molecule has 0 radical (unpaired) electrons. The third-order valence-electron chi connectivity index (χ3n) is 3.60. The van der Waals surface area contributed by atoms with Gasteiger partial charge in [-0.25, -0.2) is 0 Å². The number of rotatable bonds is 1. The van der Waals surface area contributed by atoms with Gasteiger partial charge in [-0.05, 0) is 36.3 Å². The fourth-order valence-corrected chi connectivity index (χ4v) is 3.01. The van der Waals surface area contributed by atoms with Gasteiger partial charge in [0.1, 0.15) is 0 Å². The molecule has 14 heavy (non-hydrogen) atoms. The highest BCUT2D eigenvalue weighted by Crippen LogP contribution is 2.55. The fraction of sp³-hybridized carbons (Fsp3) is 0.500. The second kappa shape index (κ2) is 3.07. The Balaban J connectivity index is 1.86. The number of nitrogens with one attached hydrogen (secondary N) is 1. The summed E-state index contributed by atoms with van der Waals surface area (Å²) in [5.74, 6) is 0. The van der Waals surface area contributed by atoms with Crippen molar-refractivity contribution in [3.8, 4) is 0 Å². The summed E-state index contributed by atoms with van der Waals surface area (Å²) in [4.78, 5) is 0. The quantitative estimate of drug-likeness (QED) is 0.808. The van der Waals surface area contributed by atoms with Gasteiger partial charge in [0.05, 0.1) is 0 Å². The van der Waals surface area contributed by atoms with Crippen molar-refractivity contribution in [1.29, 1.82) is 0 Å². The summed E-state index contributed by atoms with van der Waals surface area (Å²) in [7, 11) is 0. The second-order valence-electron chi connectivity index (χ2n) is 4.66. The van der Waals surface area contributed by atoms with Gasteiger partial charge >= 0.3 is 0 Å². The molecule has 1 saturated carbocycles. The Bertz CT molecular complexity index is 357. The van der Waals surface area contributed by atoms with Crippen LogP contribution in [-0.4, -0.2) is 6.54 Å². The Morgan fingerprint density at radius 3 is 2.71 bits per heavy atom. The van der Waals surface area contributed by atoms with Crippen LogP contribution in [0, 0.1) is 5.41 Å². The molecule has 1 heterocycles. The Kier molecular flexibility index (Phi) is 1.96. The summed E-state index contributed by atoms with van der Waals surface area (Å²) in [5, 5.41) is 3.64. The van der Waals surface area contributed by atoms with Gasteiger partial charge in [0.15, 0.2) is 0 Å². The first-order valence-electron chi connectivity index (χ1n) is 5.27. The minimum atomic E-state index is 0.577. The Morgan fingerprint density at radius 2 is 2.07 bits per heavy atom. The zero-order valence-corrected chi connectivity index (χ0v) is 9.68. The molecule has 74 valence electrons. The molecule has 2 heteroatoms. The molecular formula is C12H14BrN. The first kappa shape index (κ1) is 8.93. The zero-order chi connectivity index (χ0) is 9.60. The SMILES string of the molecule is Brc1ccccc1C1CC2(CC2)CN1. The van der Waals surface area contributed by atoms with Crippen molar-refractivity contribution in [2.45, 2.75) is 25.3 Å². The van der Waals surface area contributed by atoms with E-state index in [9.17, 15) is 0 Å². The van der Waals surface area contributed by atoms with E-state index in [0.717, 1.165) is 0 Å². The topological polar surface area (TPSA) is 12.0 Å². The second-order valence-corrected chi connectivity index (χ2v) is 5.51. The van der Waals surface area contributed by atoms with E-state index in [2.05, 4.69) is 45.5 Å². The number of benzene rings is 1. The largest absolute Gasteiger partial charge is 0.309 e. The van der Waals surface area contributed by atoms with Crippen LogP contribution in [0.1, 0.15) is 30.9 Å². The summed E-state index contributed by atoms with van der Waals surface area (Å²) in [5.41, 5.74) is 2.11. The van der Waals surface area contributed by atoms with Crippen LogP contribution in [0.15, 0.2) is 28.7 Å². The monoisotopic (exact) mass is 251 g/mol.